The van der Waals surface area contributed by atoms with Crippen LogP contribution < -0.4 is 5.32 Å². The predicted octanol–water partition coefficient (Wildman–Crippen LogP) is 4.25. The highest BCUT2D eigenvalue weighted by molar-refractivity contribution is 5.98. The lowest BCUT2D eigenvalue weighted by molar-refractivity contribution is 0.0706. The first kappa shape index (κ1) is 18.3. The minimum Gasteiger partial charge on any atom is -0.384 e. The van der Waals surface area contributed by atoms with E-state index in [1.54, 1.807) is 12.4 Å². The van der Waals surface area contributed by atoms with Crippen LogP contribution in [0.2, 0.25) is 0 Å². The summed E-state index contributed by atoms with van der Waals surface area (Å²) in [6.45, 7) is 3.54. The number of carbonyl (C=O) groups excluding carboxylic acids is 1. The monoisotopic (exact) mass is 374 g/mol. The van der Waals surface area contributed by atoms with Crippen molar-refractivity contribution in [3.8, 4) is 0 Å². The molecule has 1 aliphatic carbocycles. The number of nitrogens with zero attached hydrogens (tertiary/aromatic N) is 2. The van der Waals surface area contributed by atoms with Gasteiger partial charge in [-0.15, -0.1) is 0 Å². The zero-order valence-electron chi connectivity index (χ0n) is 16.2. The first-order valence-corrected chi connectivity index (χ1v) is 9.97. The minimum atomic E-state index is 0.0456. The van der Waals surface area contributed by atoms with E-state index in [1.165, 1.54) is 11.3 Å². The van der Waals surface area contributed by atoms with Gasteiger partial charge in [0.25, 0.3) is 5.91 Å². The number of amides is 1. The zero-order chi connectivity index (χ0) is 19.3. The van der Waals surface area contributed by atoms with Crippen molar-refractivity contribution < 1.29 is 4.79 Å². The number of fused-ring (bicyclic) bond motifs is 1. The Kier molecular flexibility index (Phi) is 5.42. The van der Waals surface area contributed by atoms with Gasteiger partial charge in [0, 0.05) is 42.1 Å². The first-order chi connectivity index (χ1) is 13.7. The van der Waals surface area contributed by atoms with Crippen molar-refractivity contribution >= 4 is 16.8 Å². The average molecular weight is 374 g/mol. The summed E-state index contributed by atoms with van der Waals surface area (Å²) in [4.78, 5) is 22.5. The Morgan fingerprint density at radius 1 is 1.29 bits per heavy atom. The van der Waals surface area contributed by atoms with Crippen LogP contribution in [0.3, 0.4) is 0 Å². The molecule has 2 heterocycles. The third-order valence-corrected chi connectivity index (χ3v) is 5.36. The lowest BCUT2D eigenvalue weighted by Gasteiger charge is -2.32. The minimum absolute atomic E-state index is 0.0456. The van der Waals surface area contributed by atoms with Gasteiger partial charge in [0.2, 0.25) is 0 Å². The molecule has 2 aromatic heterocycles. The predicted molar refractivity (Wildman–Crippen MR) is 112 cm³/mol. The smallest absolute Gasteiger partial charge is 0.270 e. The number of H-pyrrole nitrogens is 1. The number of hydrogen-bond donors (Lipinski definition) is 2. The largest absolute Gasteiger partial charge is 0.384 e. The van der Waals surface area contributed by atoms with Gasteiger partial charge in [-0.2, -0.15) is 0 Å². The summed E-state index contributed by atoms with van der Waals surface area (Å²) >= 11 is 0. The summed E-state index contributed by atoms with van der Waals surface area (Å²) in [7, 11) is 0. The van der Waals surface area contributed by atoms with E-state index in [0.717, 1.165) is 36.7 Å². The Balaban J connectivity index is 1.49. The highest BCUT2D eigenvalue weighted by Crippen LogP contribution is 2.23. The molecule has 0 unspecified atom stereocenters. The van der Waals surface area contributed by atoms with Crippen molar-refractivity contribution in [3.63, 3.8) is 0 Å². The molecule has 0 fully saturated rings. The van der Waals surface area contributed by atoms with Gasteiger partial charge >= 0.3 is 0 Å². The molecule has 4 rings (SSSR count). The molecule has 0 saturated heterocycles. The summed E-state index contributed by atoms with van der Waals surface area (Å²) in [6.07, 6.45) is 8.87. The first-order valence-electron chi connectivity index (χ1n) is 9.97. The van der Waals surface area contributed by atoms with Gasteiger partial charge in [-0.1, -0.05) is 30.3 Å². The molecule has 28 heavy (non-hydrogen) atoms. The number of pyridine rings is 1. The number of nitrogens with one attached hydrogen (secondary N) is 2. The molecule has 1 aromatic carbocycles. The molecule has 1 atom stereocenters. The van der Waals surface area contributed by atoms with Crippen molar-refractivity contribution in [1.82, 2.24) is 20.2 Å². The second-order valence-electron chi connectivity index (χ2n) is 7.23. The molecule has 5 nitrogen and oxygen atoms in total. The highest BCUT2D eigenvalue weighted by Gasteiger charge is 2.25. The van der Waals surface area contributed by atoms with Gasteiger partial charge in [-0.05, 0) is 50.0 Å². The Labute approximate surface area is 165 Å². The Hall–Kier alpha value is -3.08. The molecular weight excluding hydrogens is 348 g/mol. The standard InChI is InChI=1S/C23H26N4O/c1-2-27(23(28)22-13-18-16-24-12-11-21(18)26-22)20-10-6-9-19(14-20)25-15-17-7-4-3-5-8-17/h3-5,7-8,11-14,16,20,25-26H,2,6,9-10,15H2,1H3/t20-/m0/s1. The number of benzene rings is 1. The van der Waals surface area contributed by atoms with E-state index >= 15 is 0 Å². The van der Waals surface area contributed by atoms with Crippen LogP contribution in [0.1, 0.15) is 42.2 Å². The second-order valence-corrected chi connectivity index (χ2v) is 7.23. The number of rotatable bonds is 6. The van der Waals surface area contributed by atoms with E-state index in [2.05, 4.69) is 45.6 Å². The Bertz CT molecular complexity index is 943. The fourth-order valence-electron chi connectivity index (χ4n) is 3.88. The van der Waals surface area contributed by atoms with Crippen LogP contribution in [0, 0.1) is 0 Å². The fraction of sp³-hybridized carbons (Fsp3) is 0.304. The van der Waals surface area contributed by atoms with Crippen LogP contribution in [0.4, 0.5) is 0 Å². The number of carbonyl (C=O) groups is 1. The van der Waals surface area contributed by atoms with Gasteiger partial charge in [0.05, 0.1) is 6.04 Å². The van der Waals surface area contributed by atoms with Crippen LogP contribution in [-0.2, 0) is 6.54 Å². The van der Waals surface area contributed by atoms with E-state index in [1.807, 2.05) is 30.0 Å². The lowest BCUT2D eigenvalue weighted by atomic mass is 9.98. The summed E-state index contributed by atoms with van der Waals surface area (Å²) in [5.41, 5.74) is 4.06. The number of aromatic amines is 1. The van der Waals surface area contributed by atoms with Crippen molar-refractivity contribution in [1.29, 1.82) is 0 Å². The summed E-state index contributed by atoms with van der Waals surface area (Å²) in [5.74, 6) is 0.0456. The third kappa shape index (κ3) is 3.93. The Morgan fingerprint density at radius 3 is 2.93 bits per heavy atom. The Morgan fingerprint density at radius 2 is 2.14 bits per heavy atom. The highest BCUT2D eigenvalue weighted by atomic mass is 16.2. The van der Waals surface area contributed by atoms with Crippen LogP contribution in [0.5, 0.6) is 0 Å². The molecular formula is C23H26N4O. The maximum atomic E-state index is 13.2. The molecule has 1 aliphatic rings. The van der Waals surface area contributed by atoms with Crippen molar-refractivity contribution in [3.05, 3.63) is 77.9 Å². The van der Waals surface area contributed by atoms with Gasteiger partial charge in [-0.25, -0.2) is 0 Å². The van der Waals surface area contributed by atoms with E-state index in [4.69, 9.17) is 0 Å². The summed E-state index contributed by atoms with van der Waals surface area (Å²) in [6, 6.07) is 14.3. The molecule has 0 aliphatic heterocycles. The normalized spacial score (nSPS) is 16.6. The second kappa shape index (κ2) is 8.30. The summed E-state index contributed by atoms with van der Waals surface area (Å²) in [5, 5.41) is 4.52. The SMILES string of the molecule is CCN(C(=O)c1cc2cnccc2[nH]1)[C@@H]1C=C(NCc2ccccc2)CCC1. The van der Waals surface area contributed by atoms with E-state index < -0.39 is 0 Å². The van der Waals surface area contributed by atoms with Crippen LogP contribution >= 0.6 is 0 Å². The van der Waals surface area contributed by atoms with Crippen molar-refractivity contribution in [2.75, 3.05) is 6.54 Å². The van der Waals surface area contributed by atoms with Gasteiger partial charge < -0.3 is 15.2 Å². The summed E-state index contributed by atoms with van der Waals surface area (Å²) < 4.78 is 0. The van der Waals surface area contributed by atoms with Crippen LogP contribution in [-0.4, -0.2) is 33.4 Å². The molecule has 0 saturated carbocycles. The molecule has 2 N–H and O–H groups in total. The molecule has 0 radical (unpaired) electrons. The van der Waals surface area contributed by atoms with Crippen molar-refractivity contribution in [2.24, 2.45) is 0 Å². The zero-order valence-corrected chi connectivity index (χ0v) is 16.2. The number of likely N-dealkylation sites (N-methyl/N-ethyl adjacent to an activating group) is 1. The van der Waals surface area contributed by atoms with E-state index in [9.17, 15) is 4.79 Å². The average Bonchev–Trinajstić information content (AvgIpc) is 3.18. The lowest BCUT2D eigenvalue weighted by Crippen LogP contribution is -2.41. The molecule has 3 aromatic rings. The molecule has 1 amide bonds. The van der Waals surface area contributed by atoms with Crippen LogP contribution in [0.15, 0.2) is 66.6 Å². The van der Waals surface area contributed by atoms with Crippen molar-refractivity contribution in [2.45, 2.75) is 38.8 Å². The maximum Gasteiger partial charge on any atom is 0.270 e. The van der Waals surface area contributed by atoms with Gasteiger partial charge in [0.15, 0.2) is 0 Å². The number of hydrogen-bond acceptors (Lipinski definition) is 3. The number of allylic oxidation sites excluding steroid dienone is 1. The maximum absolute atomic E-state index is 13.2. The van der Waals surface area contributed by atoms with Gasteiger partial charge in [-0.3, -0.25) is 9.78 Å². The van der Waals surface area contributed by atoms with Gasteiger partial charge in [0.1, 0.15) is 5.69 Å². The molecule has 144 valence electrons. The fourth-order valence-corrected chi connectivity index (χ4v) is 3.88. The van der Waals surface area contributed by atoms with Crippen LogP contribution in [0.25, 0.3) is 10.9 Å². The third-order valence-electron chi connectivity index (χ3n) is 5.36. The van der Waals surface area contributed by atoms with E-state index in [-0.39, 0.29) is 11.9 Å². The topological polar surface area (TPSA) is 61.0 Å². The van der Waals surface area contributed by atoms with E-state index in [0.29, 0.717) is 12.2 Å². The number of aromatic nitrogens is 2. The quantitative estimate of drug-likeness (QED) is 0.678. The molecule has 5 heteroatoms. The molecule has 0 spiro atoms. The molecule has 0 bridgehead atoms.